The molecule has 0 radical (unpaired) electrons. The van der Waals surface area contributed by atoms with E-state index in [1.165, 1.54) is 43.1 Å². The van der Waals surface area contributed by atoms with Gasteiger partial charge in [-0.2, -0.15) is 0 Å². The summed E-state index contributed by atoms with van der Waals surface area (Å²) < 4.78 is 7.67. The number of anilines is 1. The van der Waals surface area contributed by atoms with Crippen LogP contribution in [0.1, 0.15) is 53.5 Å². The van der Waals surface area contributed by atoms with Crippen LogP contribution in [-0.4, -0.2) is 33.6 Å². The Hall–Kier alpha value is -2.28. The standard InChI is InChI=1S/C20H23N3O3S/c1-12-13(2)23(15-5-3-4-6-15)20(21-12)27-11-17(24)14-7-8-18-16(9-14)22-19(25)10-26-18/h7-9,15H,3-6,10-11H2,1-2H3,(H,22,25). The predicted octanol–water partition coefficient (Wildman–Crippen LogP) is 3.92. The number of hydrogen-bond donors (Lipinski definition) is 1. The molecule has 1 N–H and O–H groups in total. The number of rotatable bonds is 5. The first-order valence-corrected chi connectivity index (χ1v) is 10.3. The van der Waals surface area contributed by atoms with Gasteiger partial charge in [-0.25, -0.2) is 4.98 Å². The molecule has 0 saturated heterocycles. The quantitative estimate of drug-likeness (QED) is 0.624. The van der Waals surface area contributed by atoms with Crippen molar-refractivity contribution in [3.8, 4) is 5.75 Å². The van der Waals surface area contributed by atoms with Gasteiger partial charge in [-0.15, -0.1) is 0 Å². The highest BCUT2D eigenvalue weighted by atomic mass is 32.2. The van der Waals surface area contributed by atoms with Gasteiger partial charge in [0.2, 0.25) is 0 Å². The van der Waals surface area contributed by atoms with E-state index in [-0.39, 0.29) is 18.3 Å². The van der Waals surface area contributed by atoms with E-state index >= 15 is 0 Å². The molecule has 1 fully saturated rings. The van der Waals surface area contributed by atoms with Crippen molar-refractivity contribution < 1.29 is 14.3 Å². The van der Waals surface area contributed by atoms with Gasteiger partial charge in [0.25, 0.3) is 5.91 Å². The predicted molar refractivity (Wildman–Crippen MR) is 105 cm³/mol. The molecule has 27 heavy (non-hydrogen) atoms. The molecule has 1 amide bonds. The van der Waals surface area contributed by atoms with Crippen LogP contribution in [0.4, 0.5) is 5.69 Å². The minimum Gasteiger partial charge on any atom is -0.482 e. The van der Waals surface area contributed by atoms with Crippen molar-refractivity contribution in [1.82, 2.24) is 9.55 Å². The zero-order valence-electron chi connectivity index (χ0n) is 15.6. The number of carbonyl (C=O) groups is 2. The van der Waals surface area contributed by atoms with Crippen LogP contribution in [0.2, 0.25) is 0 Å². The molecule has 2 aliphatic rings. The number of imidazole rings is 1. The summed E-state index contributed by atoms with van der Waals surface area (Å²) in [5.41, 5.74) is 3.36. The van der Waals surface area contributed by atoms with E-state index in [4.69, 9.17) is 9.72 Å². The van der Waals surface area contributed by atoms with Crippen LogP contribution in [0.5, 0.6) is 5.75 Å². The molecule has 0 atom stereocenters. The number of fused-ring (bicyclic) bond motifs is 1. The van der Waals surface area contributed by atoms with Crippen LogP contribution in [0.15, 0.2) is 23.4 Å². The maximum absolute atomic E-state index is 12.7. The molecule has 0 spiro atoms. The number of thioether (sulfide) groups is 1. The van der Waals surface area contributed by atoms with Gasteiger partial charge >= 0.3 is 0 Å². The minimum absolute atomic E-state index is 0.0126. The number of ether oxygens (including phenoxy) is 1. The molecule has 2 aromatic rings. The second kappa shape index (κ2) is 7.38. The lowest BCUT2D eigenvalue weighted by Crippen LogP contribution is -2.25. The van der Waals surface area contributed by atoms with Crippen LogP contribution in [-0.2, 0) is 4.79 Å². The van der Waals surface area contributed by atoms with Crippen LogP contribution in [0, 0.1) is 13.8 Å². The monoisotopic (exact) mass is 385 g/mol. The zero-order valence-corrected chi connectivity index (χ0v) is 16.4. The molecule has 1 saturated carbocycles. The summed E-state index contributed by atoms with van der Waals surface area (Å²) in [5.74, 6) is 0.725. The first kappa shape index (κ1) is 18.1. The fourth-order valence-corrected chi connectivity index (χ4v) is 4.81. The zero-order chi connectivity index (χ0) is 19.0. The second-order valence-electron chi connectivity index (χ2n) is 7.13. The smallest absolute Gasteiger partial charge is 0.262 e. The van der Waals surface area contributed by atoms with Gasteiger partial charge in [0.1, 0.15) is 5.75 Å². The van der Waals surface area contributed by atoms with E-state index in [9.17, 15) is 9.59 Å². The summed E-state index contributed by atoms with van der Waals surface area (Å²) in [5, 5.41) is 3.68. The molecule has 142 valence electrons. The highest BCUT2D eigenvalue weighted by Crippen LogP contribution is 2.35. The Morgan fingerprint density at radius 1 is 1.33 bits per heavy atom. The maximum Gasteiger partial charge on any atom is 0.262 e. The van der Waals surface area contributed by atoms with Crippen molar-refractivity contribution in [2.45, 2.75) is 50.7 Å². The Balaban J connectivity index is 1.49. The van der Waals surface area contributed by atoms with Crippen molar-refractivity contribution in [3.05, 3.63) is 35.2 Å². The van der Waals surface area contributed by atoms with E-state index in [2.05, 4.69) is 16.8 Å². The van der Waals surface area contributed by atoms with Crippen LogP contribution < -0.4 is 10.1 Å². The summed E-state index contributed by atoms with van der Waals surface area (Å²) >= 11 is 1.49. The lowest BCUT2D eigenvalue weighted by molar-refractivity contribution is -0.118. The molecule has 1 aromatic heterocycles. The lowest BCUT2D eigenvalue weighted by atomic mass is 10.1. The number of hydrogen-bond acceptors (Lipinski definition) is 5. The molecule has 7 heteroatoms. The van der Waals surface area contributed by atoms with Gasteiger partial charge in [0.05, 0.1) is 17.1 Å². The fourth-order valence-electron chi connectivity index (χ4n) is 3.76. The van der Waals surface area contributed by atoms with E-state index < -0.39 is 0 Å². The fraction of sp³-hybridized carbons (Fsp3) is 0.450. The molecular formula is C20H23N3O3S. The third kappa shape index (κ3) is 3.60. The number of aryl methyl sites for hydroxylation is 1. The number of nitrogens with one attached hydrogen (secondary N) is 1. The van der Waals surface area contributed by atoms with E-state index in [0.29, 0.717) is 28.8 Å². The topological polar surface area (TPSA) is 73.2 Å². The summed E-state index contributed by atoms with van der Waals surface area (Å²) in [6.45, 7) is 4.15. The van der Waals surface area contributed by atoms with Gasteiger partial charge < -0.3 is 14.6 Å². The Bertz CT molecular complexity index is 900. The Kier molecular flexibility index (Phi) is 4.95. The average molecular weight is 385 g/mol. The normalized spacial score (nSPS) is 16.7. The number of aromatic nitrogens is 2. The third-order valence-corrected chi connectivity index (χ3v) is 6.26. The molecule has 4 rings (SSSR count). The number of Topliss-reactive ketones (excluding diaryl/α,β-unsaturated/α-hetero) is 1. The number of nitrogens with zero attached hydrogens (tertiary/aromatic N) is 2. The largest absolute Gasteiger partial charge is 0.482 e. The molecule has 0 bridgehead atoms. The van der Waals surface area contributed by atoms with Gasteiger partial charge in [-0.1, -0.05) is 24.6 Å². The first-order chi connectivity index (χ1) is 13.0. The first-order valence-electron chi connectivity index (χ1n) is 9.31. The van der Waals surface area contributed by atoms with Gasteiger partial charge in [0.15, 0.2) is 17.5 Å². The van der Waals surface area contributed by atoms with Crippen LogP contribution in [0.3, 0.4) is 0 Å². The number of carbonyl (C=O) groups excluding carboxylic acids is 2. The number of amides is 1. The van der Waals surface area contributed by atoms with Crippen LogP contribution in [0.25, 0.3) is 0 Å². The summed E-state index contributed by atoms with van der Waals surface area (Å²) in [4.78, 5) is 28.9. The maximum atomic E-state index is 12.7. The summed E-state index contributed by atoms with van der Waals surface area (Å²) in [6, 6.07) is 5.68. The van der Waals surface area contributed by atoms with Crippen molar-refractivity contribution >= 4 is 29.1 Å². The Labute approximate surface area is 162 Å². The van der Waals surface area contributed by atoms with E-state index in [0.717, 1.165) is 10.9 Å². The van der Waals surface area contributed by atoms with Gasteiger partial charge in [0, 0.05) is 17.3 Å². The van der Waals surface area contributed by atoms with Gasteiger partial charge in [-0.05, 0) is 44.9 Å². The highest BCUT2D eigenvalue weighted by Gasteiger charge is 2.24. The second-order valence-corrected chi connectivity index (χ2v) is 8.08. The van der Waals surface area contributed by atoms with E-state index in [1.54, 1.807) is 18.2 Å². The van der Waals surface area contributed by atoms with Crippen molar-refractivity contribution in [2.75, 3.05) is 17.7 Å². The Morgan fingerprint density at radius 2 is 2.11 bits per heavy atom. The Morgan fingerprint density at radius 3 is 2.89 bits per heavy atom. The minimum atomic E-state index is -0.203. The molecular weight excluding hydrogens is 362 g/mol. The van der Waals surface area contributed by atoms with Crippen LogP contribution >= 0.6 is 11.8 Å². The third-order valence-electron chi connectivity index (χ3n) is 5.31. The molecule has 1 aliphatic heterocycles. The lowest BCUT2D eigenvalue weighted by Gasteiger charge is -2.18. The number of ketones is 1. The number of benzene rings is 1. The molecule has 0 unspecified atom stereocenters. The summed E-state index contributed by atoms with van der Waals surface area (Å²) in [7, 11) is 0. The summed E-state index contributed by atoms with van der Waals surface area (Å²) in [6.07, 6.45) is 4.88. The van der Waals surface area contributed by atoms with Crippen molar-refractivity contribution in [2.24, 2.45) is 0 Å². The van der Waals surface area contributed by atoms with E-state index in [1.807, 2.05) is 6.92 Å². The molecule has 6 nitrogen and oxygen atoms in total. The molecule has 1 aliphatic carbocycles. The molecule has 1 aromatic carbocycles. The molecule has 2 heterocycles. The average Bonchev–Trinajstić information content (AvgIpc) is 3.27. The SMILES string of the molecule is Cc1nc(SCC(=O)c2ccc3c(c2)NC(=O)CO3)n(C2CCCC2)c1C. The van der Waals surface area contributed by atoms with Gasteiger partial charge in [-0.3, -0.25) is 9.59 Å². The van der Waals surface area contributed by atoms with Crippen molar-refractivity contribution in [1.29, 1.82) is 0 Å². The highest BCUT2D eigenvalue weighted by molar-refractivity contribution is 7.99. The van der Waals surface area contributed by atoms with Crippen molar-refractivity contribution in [3.63, 3.8) is 0 Å².